The van der Waals surface area contributed by atoms with E-state index in [1.54, 1.807) is 37.3 Å². The molecule has 10 nitrogen and oxygen atoms in total. The molecule has 0 unspecified atom stereocenters. The fourth-order valence-electron chi connectivity index (χ4n) is 4.99. The van der Waals surface area contributed by atoms with Crippen molar-refractivity contribution in [1.82, 2.24) is 5.32 Å². The van der Waals surface area contributed by atoms with Crippen LogP contribution in [-0.4, -0.2) is 65.8 Å². The van der Waals surface area contributed by atoms with Crippen LogP contribution in [0.2, 0.25) is 0 Å². The van der Waals surface area contributed by atoms with Gasteiger partial charge in [-0.3, -0.25) is 9.59 Å². The third kappa shape index (κ3) is 18.3. The molecule has 0 saturated carbocycles. The van der Waals surface area contributed by atoms with Gasteiger partial charge in [-0.2, -0.15) is 0 Å². The van der Waals surface area contributed by atoms with Gasteiger partial charge in [-0.05, 0) is 50.3 Å². The number of ketones is 1. The van der Waals surface area contributed by atoms with Crippen molar-refractivity contribution in [3.05, 3.63) is 42.0 Å². The Balaban J connectivity index is 0.0000212. The average molecular weight is 682 g/mol. The Morgan fingerprint density at radius 3 is 2.17 bits per heavy atom. The molecule has 1 aromatic rings. The number of allylic oxidation sites excluding steroid dienone is 1. The van der Waals surface area contributed by atoms with Crippen LogP contribution in [0.15, 0.2) is 36.4 Å². The van der Waals surface area contributed by atoms with Crippen LogP contribution >= 0.6 is 0 Å². The van der Waals surface area contributed by atoms with Crippen molar-refractivity contribution in [3.8, 4) is 17.6 Å². The van der Waals surface area contributed by atoms with Gasteiger partial charge in [-0.1, -0.05) is 75.7 Å². The minimum Gasteiger partial charge on any atom is -0.547 e. The van der Waals surface area contributed by atoms with E-state index in [1.165, 1.54) is 32.4 Å². The summed E-state index contributed by atoms with van der Waals surface area (Å²) in [6, 6.07) is 5.62. The number of ether oxygens (including phenoxy) is 2. The number of carboxylic acids is 1. The Labute approximate surface area is 322 Å². The summed E-state index contributed by atoms with van der Waals surface area (Å²) in [5.41, 5.74) is -2.05. The van der Waals surface area contributed by atoms with E-state index >= 15 is 0 Å². The van der Waals surface area contributed by atoms with Crippen LogP contribution in [0.4, 0.5) is 0 Å². The smallest absolute Gasteiger partial charge is 0.547 e. The molecule has 0 spiro atoms. The van der Waals surface area contributed by atoms with Crippen molar-refractivity contribution in [2.24, 2.45) is 5.92 Å². The van der Waals surface area contributed by atoms with Gasteiger partial charge in [0.15, 0.2) is 0 Å². The number of aliphatic carboxylic acids is 1. The molecular weight excluding hydrogens is 629 g/mol. The fourth-order valence-corrected chi connectivity index (χ4v) is 4.99. The fraction of sp³-hybridized carbons (Fsp3) is 0.611. The predicted octanol–water partition coefficient (Wildman–Crippen LogP) is 0.599. The Morgan fingerprint density at radius 2 is 1.62 bits per heavy atom. The molecule has 1 rings (SSSR count). The second-order valence-corrected chi connectivity index (χ2v) is 11.4. The van der Waals surface area contributed by atoms with Crippen molar-refractivity contribution in [3.63, 3.8) is 0 Å². The maximum atomic E-state index is 13.4. The zero-order valence-electron chi connectivity index (χ0n) is 28.7. The van der Waals surface area contributed by atoms with Crippen LogP contribution < -0.4 is 66.5 Å². The van der Waals surface area contributed by atoms with E-state index in [0.717, 1.165) is 38.5 Å². The first kappa shape index (κ1) is 45.0. The summed E-state index contributed by atoms with van der Waals surface area (Å²) in [4.78, 5) is 50.1. The number of hydrogen-bond donors (Lipinski definition) is 3. The average Bonchev–Trinajstić information content (AvgIpc) is 3.04. The Morgan fingerprint density at radius 1 is 1.00 bits per heavy atom. The largest absolute Gasteiger partial charge is 1.00 e. The van der Waals surface area contributed by atoms with Crippen LogP contribution in [-0.2, 0) is 30.3 Å². The summed E-state index contributed by atoms with van der Waals surface area (Å²) in [7, 11) is 1.17. The molecule has 11 heteroatoms. The minimum absolute atomic E-state index is 0. The van der Waals surface area contributed by atoms with E-state index in [2.05, 4.69) is 24.1 Å². The molecule has 0 radical (unpaired) electrons. The van der Waals surface area contributed by atoms with Gasteiger partial charge in [0.25, 0.3) is 0 Å². The number of amides is 1. The molecule has 0 bridgehead atoms. The number of carbonyl (C=O) groups is 4. The number of aliphatic hydroxyl groups is 2. The van der Waals surface area contributed by atoms with E-state index in [1.807, 2.05) is 0 Å². The number of carboxylic acid groups (broad SMARTS) is 1. The first-order valence-electron chi connectivity index (χ1n) is 16.3. The van der Waals surface area contributed by atoms with Crippen LogP contribution in [0.3, 0.4) is 0 Å². The Bertz CT molecular complexity index is 1160. The van der Waals surface area contributed by atoms with Crippen molar-refractivity contribution in [1.29, 1.82) is 0 Å². The monoisotopic (exact) mass is 681 g/mol. The summed E-state index contributed by atoms with van der Waals surface area (Å²) in [5, 5.41) is 34.9. The third-order valence-corrected chi connectivity index (χ3v) is 7.76. The summed E-state index contributed by atoms with van der Waals surface area (Å²) in [5.74, 6) is 1.13. The van der Waals surface area contributed by atoms with Crippen LogP contribution in [0.1, 0.15) is 103 Å². The van der Waals surface area contributed by atoms with Gasteiger partial charge in [-0.25, -0.2) is 4.79 Å². The van der Waals surface area contributed by atoms with E-state index in [4.69, 9.17) is 9.47 Å². The molecule has 0 fully saturated rings. The van der Waals surface area contributed by atoms with Gasteiger partial charge >= 0.3 is 57.4 Å². The van der Waals surface area contributed by atoms with Gasteiger partial charge in [0.05, 0.1) is 19.0 Å². The van der Waals surface area contributed by atoms with Crippen molar-refractivity contribution in [2.45, 2.75) is 115 Å². The van der Waals surface area contributed by atoms with Crippen LogP contribution in [0, 0.1) is 17.8 Å². The van der Waals surface area contributed by atoms with Gasteiger partial charge in [0.2, 0.25) is 5.91 Å². The molecule has 3 atom stereocenters. The SMILES string of the molecule is CC#CCOc1ccc(C[C@H](NC(=O)[C@@H](/C=C/CCCCCCC(=O)CCCCCCC)[C@@](O)(CCO)C(=O)[O-])C(=O)OC)cc1.[K+]. The number of rotatable bonds is 25. The quantitative estimate of drug-likeness (QED) is 0.0441. The molecule has 3 N–H and O–H groups in total. The van der Waals surface area contributed by atoms with E-state index < -0.39 is 48.4 Å². The van der Waals surface area contributed by atoms with Crippen molar-refractivity contribution < 1.29 is 95.4 Å². The molecule has 1 aromatic carbocycles. The molecule has 0 aliphatic heterocycles. The molecule has 0 aromatic heterocycles. The van der Waals surface area contributed by atoms with Crippen molar-refractivity contribution >= 4 is 23.6 Å². The number of hydrogen-bond acceptors (Lipinski definition) is 9. The molecule has 1 amide bonds. The second-order valence-electron chi connectivity index (χ2n) is 11.4. The van der Waals surface area contributed by atoms with Crippen molar-refractivity contribution in [2.75, 3.05) is 20.3 Å². The minimum atomic E-state index is -2.72. The van der Waals surface area contributed by atoms with E-state index in [-0.39, 0.29) is 64.4 Å². The zero-order chi connectivity index (χ0) is 34.2. The molecule has 0 aliphatic carbocycles. The number of methoxy groups -OCH3 is 1. The van der Waals surface area contributed by atoms with Gasteiger partial charge in [0, 0.05) is 32.3 Å². The molecule has 0 heterocycles. The zero-order valence-corrected chi connectivity index (χ0v) is 31.8. The molecule has 256 valence electrons. The number of Topliss-reactive ketones (excluding diaryl/α,β-unsaturated/α-hetero) is 1. The number of esters is 1. The van der Waals surface area contributed by atoms with Gasteiger partial charge in [-0.15, -0.1) is 5.92 Å². The number of nitrogens with one attached hydrogen (secondary N) is 1. The first-order chi connectivity index (χ1) is 22.1. The van der Waals surface area contributed by atoms with Crippen LogP contribution in [0.25, 0.3) is 0 Å². The topological polar surface area (TPSA) is 162 Å². The van der Waals surface area contributed by atoms with Gasteiger partial charge in [0.1, 0.15) is 29.8 Å². The number of aliphatic hydroxyl groups excluding tert-OH is 1. The molecule has 47 heavy (non-hydrogen) atoms. The summed E-state index contributed by atoms with van der Waals surface area (Å²) in [6.07, 6.45) is 12.8. The maximum Gasteiger partial charge on any atom is 1.00 e. The predicted molar refractivity (Wildman–Crippen MR) is 173 cm³/mol. The van der Waals surface area contributed by atoms with E-state index in [0.29, 0.717) is 36.4 Å². The summed E-state index contributed by atoms with van der Waals surface area (Å²) >= 11 is 0. The summed E-state index contributed by atoms with van der Waals surface area (Å²) in [6.45, 7) is 3.38. The van der Waals surface area contributed by atoms with Gasteiger partial charge < -0.3 is 34.9 Å². The first-order valence-corrected chi connectivity index (χ1v) is 16.3. The summed E-state index contributed by atoms with van der Waals surface area (Å²) < 4.78 is 10.4. The number of carbonyl (C=O) groups excluding carboxylic acids is 4. The standard InChI is InChI=1S/C36H53NO9.K/c1-4-6-8-11-14-17-29(39)18-15-12-9-10-13-16-19-31(36(44,24-25-38)35(42)43)33(40)37-32(34(41)45-3)27-28-20-22-30(23-21-28)46-26-7-5-2;/h16,19-23,31-32,38,44H,4,6,8-15,17-18,24-27H2,1-3H3,(H,37,40)(H,42,43);/q;+1/p-1/b19-16+;/t31-,32+,36+;/m1./s1. The Hall–Kier alpha value is -2.04. The van der Waals surface area contributed by atoms with E-state index in [9.17, 15) is 34.5 Å². The normalized spacial score (nSPS) is 13.3. The third-order valence-electron chi connectivity index (χ3n) is 7.76. The molecular formula is C36H52KNO9. The molecule has 0 saturated heterocycles. The van der Waals surface area contributed by atoms with Crippen LogP contribution in [0.5, 0.6) is 5.75 Å². The number of benzene rings is 1. The molecule has 0 aliphatic rings. The Kier molecular flexibility index (Phi) is 25.7. The second kappa shape index (κ2) is 26.9. The maximum absolute atomic E-state index is 13.4. The number of unbranched alkanes of at least 4 members (excludes halogenated alkanes) is 8.